The molecule has 1 N–H and O–H groups in total. The molecule has 0 bridgehead atoms. The molecule has 0 spiro atoms. The van der Waals surface area contributed by atoms with Gasteiger partial charge in [0.25, 0.3) is 0 Å². The van der Waals surface area contributed by atoms with E-state index in [1.165, 1.54) is 0 Å². The van der Waals surface area contributed by atoms with E-state index in [2.05, 4.69) is 28.2 Å². The van der Waals surface area contributed by atoms with Crippen molar-refractivity contribution in [2.45, 2.75) is 26.2 Å². The van der Waals surface area contributed by atoms with Crippen LogP contribution in [0.15, 0.2) is 22.7 Å². The van der Waals surface area contributed by atoms with Crippen LogP contribution in [0, 0.1) is 5.41 Å². The average molecular weight is 326 g/mol. The predicted octanol–water partition coefficient (Wildman–Crippen LogP) is 2.96. The van der Waals surface area contributed by atoms with Crippen molar-refractivity contribution in [3.63, 3.8) is 0 Å². The summed E-state index contributed by atoms with van der Waals surface area (Å²) >= 11 is 3.46. The monoisotopic (exact) mass is 325 g/mol. The van der Waals surface area contributed by atoms with Crippen LogP contribution in [0.1, 0.15) is 25.3 Å². The fourth-order valence-electron chi connectivity index (χ4n) is 2.48. The predicted molar refractivity (Wildman–Crippen MR) is 79.6 cm³/mol. The van der Waals surface area contributed by atoms with Gasteiger partial charge in [-0.3, -0.25) is 4.79 Å². The van der Waals surface area contributed by atoms with Crippen molar-refractivity contribution >= 4 is 21.7 Å². The van der Waals surface area contributed by atoms with Crippen LogP contribution in [0.2, 0.25) is 0 Å². The lowest BCUT2D eigenvalue weighted by atomic mass is 9.75. The van der Waals surface area contributed by atoms with Gasteiger partial charge in [0.2, 0.25) is 0 Å². The Balaban J connectivity index is 2.08. The number of rotatable bonds is 4. The van der Waals surface area contributed by atoms with E-state index in [1.54, 1.807) is 7.11 Å². The molecule has 19 heavy (non-hydrogen) atoms. The fraction of sp³-hybridized carbons (Fsp3) is 0.533. The first-order chi connectivity index (χ1) is 9.05. The molecule has 1 saturated heterocycles. The van der Waals surface area contributed by atoms with Crippen molar-refractivity contribution in [1.29, 1.82) is 0 Å². The molecule has 1 aromatic rings. The number of carbonyl (C=O) groups excluding carboxylic acids is 1. The number of methoxy groups -OCH3 is 1. The van der Waals surface area contributed by atoms with E-state index in [0.717, 1.165) is 41.7 Å². The number of halogens is 1. The van der Waals surface area contributed by atoms with E-state index >= 15 is 0 Å². The largest absolute Gasteiger partial charge is 0.496 e. The molecule has 1 fully saturated rings. The first-order valence-corrected chi connectivity index (χ1v) is 7.41. The molecule has 0 unspecified atom stereocenters. The van der Waals surface area contributed by atoms with Crippen molar-refractivity contribution in [3.8, 4) is 5.75 Å². The SMILES string of the molecule is COc1ccc(CC(=O)C2(C)CCNCC2)cc1Br. The molecule has 1 aromatic carbocycles. The van der Waals surface area contributed by atoms with Gasteiger partial charge in [-0.2, -0.15) is 0 Å². The minimum Gasteiger partial charge on any atom is -0.496 e. The molecular weight excluding hydrogens is 306 g/mol. The molecule has 104 valence electrons. The fourth-order valence-corrected chi connectivity index (χ4v) is 3.06. The highest BCUT2D eigenvalue weighted by atomic mass is 79.9. The zero-order valence-corrected chi connectivity index (χ0v) is 13.0. The summed E-state index contributed by atoms with van der Waals surface area (Å²) in [6.07, 6.45) is 2.37. The molecule has 2 rings (SSSR count). The second-order valence-corrected chi connectivity index (χ2v) is 6.23. The molecular formula is C15H20BrNO2. The summed E-state index contributed by atoms with van der Waals surface area (Å²) in [5.41, 5.74) is 0.870. The number of Topliss-reactive ketones (excluding diaryl/α,β-unsaturated/α-hetero) is 1. The maximum atomic E-state index is 12.5. The lowest BCUT2D eigenvalue weighted by Gasteiger charge is -2.32. The van der Waals surface area contributed by atoms with Gasteiger partial charge < -0.3 is 10.1 Å². The Bertz CT molecular complexity index is 467. The summed E-state index contributed by atoms with van der Waals surface area (Å²) in [4.78, 5) is 12.5. The number of carbonyl (C=O) groups is 1. The van der Waals surface area contributed by atoms with Gasteiger partial charge in [-0.1, -0.05) is 13.0 Å². The van der Waals surface area contributed by atoms with Crippen LogP contribution in [0.4, 0.5) is 0 Å². The van der Waals surface area contributed by atoms with Crippen LogP contribution in [-0.4, -0.2) is 26.0 Å². The van der Waals surface area contributed by atoms with Gasteiger partial charge in [-0.25, -0.2) is 0 Å². The molecule has 0 saturated carbocycles. The summed E-state index contributed by atoms with van der Waals surface area (Å²) in [5, 5.41) is 3.31. The third-order valence-electron chi connectivity index (χ3n) is 3.96. The summed E-state index contributed by atoms with van der Waals surface area (Å²) in [6, 6.07) is 5.84. The second-order valence-electron chi connectivity index (χ2n) is 5.38. The normalized spacial score (nSPS) is 18.1. The molecule has 4 heteroatoms. The highest BCUT2D eigenvalue weighted by Gasteiger charge is 2.33. The maximum Gasteiger partial charge on any atom is 0.143 e. The van der Waals surface area contributed by atoms with Gasteiger partial charge in [-0.15, -0.1) is 0 Å². The maximum absolute atomic E-state index is 12.5. The molecule has 0 atom stereocenters. The first-order valence-electron chi connectivity index (χ1n) is 6.61. The van der Waals surface area contributed by atoms with E-state index in [4.69, 9.17) is 4.74 Å². The van der Waals surface area contributed by atoms with Crippen LogP contribution in [-0.2, 0) is 11.2 Å². The smallest absolute Gasteiger partial charge is 0.143 e. The number of ketones is 1. The molecule has 0 radical (unpaired) electrons. The Morgan fingerprint density at radius 2 is 2.11 bits per heavy atom. The van der Waals surface area contributed by atoms with Crippen LogP contribution >= 0.6 is 15.9 Å². The lowest BCUT2D eigenvalue weighted by Crippen LogP contribution is -2.40. The van der Waals surface area contributed by atoms with Gasteiger partial charge in [-0.05, 0) is 59.6 Å². The number of hydrogen-bond donors (Lipinski definition) is 1. The summed E-state index contributed by atoms with van der Waals surface area (Å²) in [5.74, 6) is 1.13. The van der Waals surface area contributed by atoms with Crippen LogP contribution in [0.25, 0.3) is 0 Å². The summed E-state index contributed by atoms with van der Waals surface area (Å²) in [7, 11) is 1.64. The minimum atomic E-state index is -0.169. The van der Waals surface area contributed by atoms with E-state index in [-0.39, 0.29) is 5.41 Å². The van der Waals surface area contributed by atoms with Crippen LogP contribution in [0.3, 0.4) is 0 Å². The number of benzene rings is 1. The van der Waals surface area contributed by atoms with E-state index < -0.39 is 0 Å². The van der Waals surface area contributed by atoms with Gasteiger partial charge in [0.1, 0.15) is 11.5 Å². The molecule has 1 aliphatic rings. The van der Waals surface area contributed by atoms with Crippen molar-refractivity contribution in [2.24, 2.45) is 5.41 Å². The van der Waals surface area contributed by atoms with Crippen LogP contribution in [0.5, 0.6) is 5.75 Å². The third-order valence-corrected chi connectivity index (χ3v) is 4.58. The molecule has 0 aliphatic carbocycles. The summed E-state index contributed by atoms with van der Waals surface area (Å²) in [6.45, 7) is 3.97. The van der Waals surface area contributed by atoms with Gasteiger partial charge in [0, 0.05) is 11.8 Å². The Labute approximate surface area is 122 Å². The van der Waals surface area contributed by atoms with Crippen molar-refractivity contribution in [2.75, 3.05) is 20.2 Å². The molecule has 0 aromatic heterocycles. The van der Waals surface area contributed by atoms with E-state index in [9.17, 15) is 4.79 Å². The Kier molecular flexibility index (Phi) is 4.63. The number of nitrogens with one attached hydrogen (secondary N) is 1. The molecule has 1 heterocycles. The van der Waals surface area contributed by atoms with Gasteiger partial charge in [0.05, 0.1) is 11.6 Å². The Morgan fingerprint density at radius 3 is 2.68 bits per heavy atom. The van der Waals surface area contributed by atoms with Gasteiger partial charge in [0.15, 0.2) is 0 Å². The average Bonchev–Trinajstić information content (AvgIpc) is 2.40. The lowest BCUT2D eigenvalue weighted by molar-refractivity contribution is -0.128. The van der Waals surface area contributed by atoms with Crippen molar-refractivity contribution in [1.82, 2.24) is 5.32 Å². The quantitative estimate of drug-likeness (QED) is 0.924. The molecule has 3 nitrogen and oxygen atoms in total. The Hall–Kier alpha value is -0.870. The number of piperidine rings is 1. The van der Waals surface area contributed by atoms with Crippen LogP contribution < -0.4 is 10.1 Å². The number of hydrogen-bond acceptors (Lipinski definition) is 3. The molecule has 0 amide bonds. The van der Waals surface area contributed by atoms with Crippen molar-refractivity contribution < 1.29 is 9.53 Å². The Morgan fingerprint density at radius 1 is 1.42 bits per heavy atom. The minimum absolute atomic E-state index is 0.169. The second kappa shape index (κ2) is 6.06. The third kappa shape index (κ3) is 3.37. The highest BCUT2D eigenvalue weighted by molar-refractivity contribution is 9.10. The number of ether oxygens (including phenoxy) is 1. The summed E-state index contributed by atoms with van der Waals surface area (Å²) < 4.78 is 6.10. The molecule has 1 aliphatic heterocycles. The van der Waals surface area contributed by atoms with E-state index in [1.807, 2.05) is 18.2 Å². The topological polar surface area (TPSA) is 38.3 Å². The van der Waals surface area contributed by atoms with E-state index in [0.29, 0.717) is 12.2 Å². The standard InChI is InChI=1S/C15H20BrNO2/c1-15(5-7-17-8-6-15)14(18)10-11-3-4-13(19-2)12(16)9-11/h3-4,9,17H,5-8,10H2,1-2H3. The van der Waals surface area contributed by atoms with Crippen molar-refractivity contribution in [3.05, 3.63) is 28.2 Å². The zero-order chi connectivity index (χ0) is 13.9. The van der Waals surface area contributed by atoms with Gasteiger partial charge >= 0.3 is 0 Å². The zero-order valence-electron chi connectivity index (χ0n) is 11.5. The first kappa shape index (κ1) is 14.5. The highest BCUT2D eigenvalue weighted by Crippen LogP contribution is 2.32.